The summed E-state index contributed by atoms with van der Waals surface area (Å²) >= 11 is 0. The third kappa shape index (κ3) is 4.11. The maximum atomic E-state index is 12.4. The predicted octanol–water partition coefficient (Wildman–Crippen LogP) is 1.49. The zero-order valence-corrected chi connectivity index (χ0v) is 14.6. The molecule has 2 rings (SSSR count). The maximum absolute atomic E-state index is 12.4. The largest absolute Gasteiger partial charge is 0.452 e. The highest BCUT2D eigenvalue weighted by Crippen LogP contribution is 2.24. The van der Waals surface area contributed by atoms with Gasteiger partial charge in [0.1, 0.15) is 0 Å². The predicted molar refractivity (Wildman–Crippen MR) is 90.0 cm³/mol. The van der Waals surface area contributed by atoms with Crippen LogP contribution in [0.3, 0.4) is 0 Å². The molecule has 2 aromatic rings. The van der Waals surface area contributed by atoms with Gasteiger partial charge in [-0.1, -0.05) is 13.8 Å². The Bertz CT molecular complexity index is 825. The van der Waals surface area contributed by atoms with E-state index in [-0.39, 0.29) is 17.5 Å². The molecular formula is C16H21N5O4. The molecule has 25 heavy (non-hydrogen) atoms. The molecule has 0 aliphatic heterocycles. The van der Waals surface area contributed by atoms with E-state index < -0.39 is 24.5 Å². The van der Waals surface area contributed by atoms with E-state index in [1.165, 1.54) is 0 Å². The standard InChI is InChI=1S/C16H21N5O4/c1-8(2)12-5-10(15(23)25-7-13(22)20-16(17)24)11-6-18-21(9(3)4)14(11)19-12/h5-6,8-9H,7H2,1-4H3,(H3,17,20,22,24). The van der Waals surface area contributed by atoms with Crippen molar-refractivity contribution < 1.29 is 19.1 Å². The zero-order chi connectivity index (χ0) is 18.7. The lowest BCUT2D eigenvalue weighted by Crippen LogP contribution is -2.37. The Balaban J connectivity index is 2.37. The molecule has 0 aliphatic rings. The third-order valence-electron chi connectivity index (χ3n) is 3.48. The Morgan fingerprint density at radius 1 is 1.28 bits per heavy atom. The van der Waals surface area contributed by atoms with Gasteiger partial charge < -0.3 is 10.5 Å². The molecule has 0 fully saturated rings. The first-order valence-electron chi connectivity index (χ1n) is 7.85. The number of carbonyl (C=O) groups excluding carboxylic acids is 3. The van der Waals surface area contributed by atoms with E-state index in [1.807, 2.05) is 33.0 Å². The minimum Gasteiger partial charge on any atom is -0.452 e. The molecule has 0 aliphatic carbocycles. The quantitative estimate of drug-likeness (QED) is 0.788. The first-order valence-corrected chi connectivity index (χ1v) is 7.85. The number of hydrogen-bond donors (Lipinski definition) is 2. The van der Waals surface area contributed by atoms with Gasteiger partial charge in [0, 0.05) is 11.7 Å². The van der Waals surface area contributed by atoms with E-state index in [0.29, 0.717) is 16.7 Å². The second-order valence-electron chi connectivity index (χ2n) is 6.16. The summed E-state index contributed by atoms with van der Waals surface area (Å²) in [5.41, 5.74) is 6.40. The number of fused-ring (bicyclic) bond motifs is 1. The van der Waals surface area contributed by atoms with Crippen LogP contribution in [-0.2, 0) is 9.53 Å². The molecule has 9 nitrogen and oxygen atoms in total. The van der Waals surface area contributed by atoms with Gasteiger partial charge in [-0.2, -0.15) is 5.10 Å². The van der Waals surface area contributed by atoms with Crippen LogP contribution < -0.4 is 11.1 Å². The van der Waals surface area contributed by atoms with Crippen LogP contribution in [0.5, 0.6) is 0 Å². The van der Waals surface area contributed by atoms with Crippen LogP contribution in [0.25, 0.3) is 11.0 Å². The normalized spacial score (nSPS) is 11.1. The average Bonchev–Trinajstić information content (AvgIpc) is 2.94. The molecule has 0 radical (unpaired) electrons. The van der Waals surface area contributed by atoms with Crippen molar-refractivity contribution in [2.75, 3.05) is 6.61 Å². The lowest BCUT2D eigenvalue weighted by molar-refractivity contribution is -0.123. The summed E-state index contributed by atoms with van der Waals surface area (Å²) in [7, 11) is 0. The number of pyridine rings is 1. The number of rotatable bonds is 5. The second kappa shape index (κ2) is 7.29. The van der Waals surface area contributed by atoms with Crippen molar-refractivity contribution in [1.29, 1.82) is 0 Å². The van der Waals surface area contributed by atoms with Crippen molar-refractivity contribution in [2.45, 2.75) is 39.7 Å². The number of primary amides is 1. The summed E-state index contributed by atoms with van der Waals surface area (Å²) in [5.74, 6) is -1.41. The molecule has 0 unspecified atom stereocenters. The maximum Gasteiger partial charge on any atom is 0.339 e. The summed E-state index contributed by atoms with van der Waals surface area (Å²) in [6, 6.07) is 0.693. The van der Waals surface area contributed by atoms with Gasteiger partial charge in [-0.25, -0.2) is 19.3 Å². The van der Waals surface area contributed by atoms with E-state index in [1.54, 1.807) is 16.9 Å². The number of aromatic nitrogens is 3. The second-order valence-corrected chi connectivity index (χ2v) is 6.16. The third-order valence-corrected chi connectivity index (χ3v) is 3.48. The van der Waals surface area contributed by atoms with Gasteiger partial charge >= 0.3 is 12.0 Å². The fourth-order valence-corrected chi connectivity index (χ4v) is 2.26. The van der Waals surface area contributed by atoms with E-state index >= 15 is 0 Å². The molecule has 2 aromatic heterocycles. The monoisotopic (exact) mass is 347 g/mol. The van der Waals surface area contributed by atoms with Gasteiger partial charge in [-0.05, 0) is 25.8 Å². The summed E-state index contributed by atoms with van der Waals surface area (Å²) in [5, 5.41) is 6.65. The number of urea groups is 1. The summed E-state index contributed by atoms with van der Waals surface area (Å²) in [4.78, 5) is 39.0. The van der Waals surface area contributed by atoms with Crippen molar-refractivity contribution in [3.63, 3.8) is 0 Å². The molecule has 134 valence electrons. The van der Waals surface area contributed by atoms with Crippen LogP contribution in [0.4, 0.5) is 4.79 Å². The highest BCUT2D eigenvalue weighted by Gasteiger charge is 2.20. The Hall–Kier alpha value is -2.97. The molecule has 0 bridgehead atoms. The lowest BCUT2D eigenvalue weighted by Gasteiger charge is -2.12. The van der Waals surface area contributed by atoms with Gasteiger partial charge in [-0.3, -0.25) is 10.1 Å². The van der Waals surface area contributed by atoms with Crippen molar-refractivity contribution in [2.24, 2.45) is 5.73 Å². The number of carbonyl (C=O) groups is 3. The summed E-state index contributed by atoms with van der Waals surface area (Å²) in [6.07, 6.45) is 1.55. The van der Waals surface area contributed by atoms with Gasteiger partial charge in [0.15, 0.2) is 12.3 Å². The minimum atomic E-state index is -1.01. The molecule has 0 atom stereocenters. The average molecular weight is 347 g/mol. The van der Waals surface area contributed by atoms with Crippen LogP contribution in [0.15, 0.2) is 12.3 Å². The molecule has 0 spiro atoms. The summed E-state index contributed by atoms with van der Waals surface area (Å²) < 4.78 is 6.70. The van der Waals surface area contributed by atoms with Crippen LogP contribution in [0, 0.1) is 0 Å². The number of amides is 3. The van der Waals surface area contributed by atoms with E-state index in [2.05, 4.69) is 10.1 Å². The number of nitrogens with one attached hydrogen (secondary N) is 1. The van der Waals surface area contributed by atoms with E-state index in [0.717, 1.165) is 0 Å². The number of imide groups is 1. The molecule has 0 saturated heterocycles. The Labute approximate surface area is 144 Å². The Morgan fingerprint density at radius 2 is 1.96 bits per heavy atom. The molecule has 0 aromatic carbocycles. The number of esters is 1. The zero-order valence-electron chi connectivity index (χ0n) is 14.6. The topological polar surface area (TPSA) is 129 Å². The van der Waals surface area contributed by atoms with Crippen LogP contribution >= 0.6 is 0 Å². The number of nitrogens with zero attached hydrogens (tertiary/aromatic N) is 3. The summed E-state index contributed by atoms with van der Waals surface area (Å²) in [6.45, 7) is 7.23. The smallest absolute Gasteiger partial charge is 0.339 e. The van der Waals surface area contributed by atoms with Gasteiger partial charge in [-0.15, -0.1) is 0 Å². The van der Waals surface area contributed by atoms with Gasteiger partial charge in [0.05, 0.1) is 17.1 Å². The molecular weight excluding hydrogens is 326 g/mol. The first kappa shape index (κ1) is 18.4. The lowest BCUT2D eigenvalue weighted by atomic mass is 10.1. The van der Waals surface area contributed by atoms with Crippen molar-refractivity contribution in [1.82, 2.24) is 20.1 Å². The SMILES string of the molecule is CC(C)c1cc(C(=O)OCC(=O)NC(N)=O)c2cnn(C(C)C)c2n1. The van der Waals surface area contributed by atoms with Crippen LogP contribution in [0.1, 0.15) is 55.7 Å². The number of hydrogen-bond acceptors (Lipinski definition) is 6. The van der Waals surface area contributed by atoms with Gasteiger partial charge in [0.25, 0.3) is 5.91 Å². The van der Waals surface area contributed by atoms with Crippen LogP contribution in [-0.4, -0.2) is 39.3 Å². The first-order chi connectivity index (χ1) is 11.7. The Kier molecular flexibility index (Phi) is 5.35. The molecule has 9 heteroatoms. The van der Waals surface area contributed by atoms with Crippen LogP contribution in [0.2, 0.25) is 0 Å². The number of ether oxygens (including phenoxy) is 1. The Morgan fingerprint density at radius 3 is 2.52 bits per heavy atom. The van der Waals surface area contributed by atoms with Crippen molar-refractivity contribution >= 4 is 28.9 Å². The minimum absolute atomic E-state index is 0.0672. The highest BCUT2D eigenvalue weighted by molar-refractivity contribution is 6.03. The molecule has 3 N–H and O–H groups in total. The molecule has 3 amide bonds. The fraction of sp³-hybridized carbons (Fsp3) is 0.438. The molecule has 0 saturated carbocycles. The van der Waals surface area contributed by atoms with Crippen molar-refractivity contribution in [3.8, 4) is 0 Å². The van der Waals surface area contributed by atoms with E-state index in [4.69, 9.17) is 10.5 Å². The van der Waals surface area contributed by atoms with Gasteiger partial charge in [0.2, 0.25) is 0 Å². The fourth-order valence-electron chi connectivity index (χ4n) is 2.26. The highest BCUT2D eigenvalue weighted by atomic mass is 16.5. The van der Waals surface area contributed by atoms with E-state index in [9.17, 15) is 14.4 Å². The van der Waals surface area contributed by atoms with Crippen molar-refractivity contribution in [3.05, 3.63) is 23.5 Å². The number of nitrogens with two attached hydrogens (primary N) is 1. The molecule has 2 heterocycles.